The predicted molar refractivity (Wildman–Crippen MR) is 112 cm³/mol. The van der Waals surface area contributed by atoms with Crippen molar-refractivity contribution in [1.82, 2.24) is 15.6 Å². The van der Waals surface area contributed by atoms with Crippen molar-refractivity contribution >= 4 is 23.0 Å². The Kier molecular flexibility index (Phi) is 7.22. The zero-order valence-electron chi connectivity index (χ0n) is 16.4. The lowest BCUT2D eigenvalue weighted by atomic mass is 10.1. The zero-order valence-corrected chi connectivity index (χ0v) is 17.2. The van der Waals surface area contributed by atoms with Gasteiger partial charge in [-0.25, -0.2) is 14.4 Å². The summed E-state index contributed by atoms with van der Waals surface area (Å²) in [5.74, 6) is 0.449. The van der Waals surface area contributed by atoms with Crippen molar-refractivity contribution in [2.75, 3.05) is 24.5 Å². The highest BCUT2D eigenvalue weighted by Crippen LogP contribution is 2.24. The maximum Gasteiger partial charge on any atom is 0.191 e. The Hall–Kier alpha value is -2.19. The summed E-state index contributed by atoms with van der Waals surface area (Å²) in [4.78, 5) is 12.1. The third kappa shape index (κ3) is 5.65. The molecule has 0 radical (unpaired) electrons. The number of hydrogen-bond acceptors (Lipinski definition) is 5. The van der Waals surface area contributed by atoms with Crippen LogP contribution in [0.3, 0.4) is 0 Å². The lowest BCUT2D eigenvalue weighted by Crippen LogP contribution is -2.36. The molecule has 1 aliphatic heterocycles. The first kappa shape index (κ1) is 20.5. The summed E-state index contributed by atoms with van der Waals surface area (Å²) in [5.41, 5.74) is 1.42. The average molecular weight is 406 g/mol. The van der Waals surface area contributed by atoms with Crippen molar-refractivity contribution in [2.45, 2.75) is 45.9 Å². The number of benzene rings is 1. The predicted octanol–water partition coefficient (Wildman–Crippen LogP) is 2.81. The number of aromatic nitrogens is 1. The fraction of sp³-hybridized carbons (Fsp3) is 0.500. The molecule has 2 heterocycles. The van der Waals surface area contributed by atoms with Gasteiger partial charge in [-0.1, -0.05) is 6.07 Å². The van der Waals surface area contributed by atoms with Crippen LogP contribution in [-0.4, -0.2) is 41.8 Å². The molecule has 0 spiro atoms. The van der Waals surface area contributed by atoms with E-state index in [-0.39, 0.29) is 11.9 Å². The van der Waals surface area contributed by atoms with E-state index < -0.39 is 0 Å². The molecule has 1 aliphatic rings. The lowest BCUT2D eigenvalue weighted by molar-refractivity contribution is 0.145. The van der Waals surface area contributed by atoms with E-state index >= 15 is 0 Å². The minimum absolute atomic E-state index is 0.236. The van der Waals surface area contributed by atoms with Gasteiger partial charge in [0.25, 0.3) is 0 Å². The van der Waals surface area contributed by atoms with E-state index in [4.69, 9.17) is 0 Å². The number of hydrogen-bond donors (Lipinski definition) is 3. The summed E-state index contributed by atoms with van der Waals surface area (Å²) in [5, 5.41) is 17.1. The molecule has 0 bridgehead atoms. The molecule has 8 heteroatoms. The van der Waals surface area contributed by atoms with E-state index in [0.29, 0.717) is 50.7 Å². The van der Waals surface area contributed by atoms with E-state index in [2.05, 4.69) is 20.6 Å². The fourth-order valence-electron chi connectivity index (χ4n) is 3.17. The van der Waals surface area contributed by atoms with Crippen molar-refractivity contribution in [1.29, 1.82) is 0 Å². The van der Waals surface area contributed by atoms with Crippen LogP contribution >= 0.6 is 11.3 Å². The average Bonchev–Trinajstić information content (AvgIpc) is 3.10. The van der Waals surface area contributed by atoms with Crippen LogP contribution in [0.4, 0.5) is 10.1 Å². The highest BCUT2D eigenvalue weighted by Gasteiger charge is 2.19. The van der Waals surface area contributed by atoms with E-state index in [1.54, 1.807) is 17.4 Å². The first-order valence-electron chi connectivity index (χ1n) is 9.70. The van der Waals surface area contributed by atoms with Gasteiger partial charge in [-0.2, -0.15) is 0 Å². The van der Waals surface area contributed by atoms with Crippen molar-refractivity contribution in [3.63, 3.8) is 0 Å². The van der Waals surface area contributed by atoms with Gasteiger partial charge in [-0.15, -0.1) is 11.3 Å². The Morgan fingerprint density at radius 3 is 2.79 bits per heavy atom. The van der Waals surface area contributed by atoms with Crippen LogP contribution in [-0.2, 0) is 13.1 Å². The molecule has 1 aromatic heterocycles. The molecule has 0 aliphatic carbocycles. The minimum Gasteiger partial charge on any atom is -0.393 e. The monoisotopic (exact) mass is 405 g/mol. The Balaban J connectivity index is 1.61. The SMILES string of the molecule is CCNC(=NCc1ccc(N2CCC(O)CC2)c(F)c1)NCc1ncc(C)s1. The molecule has 28 heavy (non-hydrogen) atoms. The minimum atomic E-state index is -0.266. The van der Waals surface area contributed by atoms with Gasteiger partial charge in [0.1, 0.15) is 10.8 Å². The number of nitrogens with zero attached hydrogens (tertiary/aromatic N) is 3. The molecular formula is C20H28FN5OS. The molecule has 0 atom stereocenters. The highest BCUT2D eigenvalue weighted by molar-refractivity contribution is 7.11. The van der Waals surface area contributed by atoms with Gasteiger partial charge in [-0.05, 0) is 44.4 Å². The van der Waals surface area contributed by atoms with E-state index in [1.165, 1.54) is 4.88 Å². The summed E-state index contributed by atoms with van der Waals surface area (Å²) in [7, 11) is 0. The molecule has 2 aromatic rings. The molecular weight excluding hydrogens is 377 g/mol. The van der Waals surface area contributed by atoms with Crippen molar-refractivity contribution in [3.05, 3.63) is 45.7 Å². The van der Waals surface area contributed by atoms with Crippen molar-refractivity contribution in [2.24, 2.45) is 4.99 Å². The van der Waals surface area contributed by atoms with Crippen LogP contribution in [0.25, 0.3) is 0 Å². The number of aliphatic hydroxyl groups is 1. The summed E-state index contributed by atoms with van der Waals surface area (Å²) in [6.45, 7) is 7.15. The number of aryl methyl sites for hydroxylation is 1. The molecule has 1 saturated heterocycles. The number of nitrogens with one attached hydrogen (secondary N) is 2. The second-order valence-corrected chi connectivity index (χ2v) is 8.24. The molecule has 3 N–H and O–H groups in total. The number of thiazole rings is 1. The van der Waals surface area contributed by atoms with Crippen LogP contribution in [0.1, 0.15) is 35.2 Å². The van der Waals surface area contributed by atoms with E-state index in [0.717, 1.165) is 17.1 Å². The van der Waals surface area contributed by atoms with Crippen molar-refractivity contribution < 1.29 is 9.50 Å². The van der Waals surface area contributed by atoms with Gasteiger partial charge in [0, 0.05) is 30.7 Å². The van der Waals surface area contributed by atoms with Crippen LogP contribution < -0.4 is 15.5 Å². The van der Waals surface area contributed by atoms with Crippen molar-refractivity contribution in [3.8, 4) is 0 Å². The summed E-state index contributed by atoms with van der Waals surface area (Å²) in [6, 6.07) is 5.29. The second kappa shape index (κ2) is 9.84. The van der Waals surface area contributed by atoms with Gasteiger partial charge < -0.3 is 20.6 Å². The Morgan fingerprint density at radius 2 is 2.14 bits per heavy atom. The standard InChI is InChI=1S/C20H28FN5OS/c1-3-22-20(25-13-19-23-11-14(2)28-19)24-12-15-4-5-18(17(21)10-15)26-8-6-16(27)7-9-26/h4-5,10-11,16,27H,3,6-9,12-13H2,1-2H3,(H2,22,24,25). The van der Waals surface area contributed by atoms with Gasteiger partial charge in [0.2, 0.25) is 0 Å². The number of guanidine groups is 1. The van der Waals surface area contributed by atoms with Gasteiger partial charge in [-0.3, -0.25) is 0 Å². The Bertz CT molecular complexity index is 802. The number of aliphatic hydroxyl groups excluding tert-OH is 1. The molecule has 1 aromatic carbocycles. The number of anilines is 1. The maximum atomic E-state index is 14.6. The number of aliphatic imine (C=N–C) groups is 1. The Labute approximate surface area is 169 Å². The summed E-state index contributed by atoms with van der Waals surface area (Å²) < 4.78 is 14.6. The van der Waals surface area contributed by atoms with Gasteiger partial charge in [0.15, 0.2) is 5.96 Å². The first-order chi connectivity index (χ1) is 13.5. The molecule has 0 unspecified atom stereocenters. The second-order valence-electron chi connectivity index (χ2n) is 6.92. The zero-order chi connectivity index (χ0) is 19.9. The smallest absolute Gasteiger partial charge is 0.191 e. The Morgan fingerprint density at radius 1 is 1.36 bits per heavy atom. The summed E-state index contributed by atoms with van der Waals surface area (Å²) in [6.07, 6.45) is 2.96. The van der Waals surface area contributed by atoms with Crippen LogP contribution in [0.2, 0.25) is 0 Å². The van der Waals surface area contributed by atoms with E-state index in [9.17, 15) is 9.50 Å². The maximum absolute atomic E-state index is 14.6. The third-order valence-electron chi connectivity index (χ3n) is 4.66. The lowest BCUT2D eigenvalue weighted by Gasteiger charge is -2.31. The molecule has 0 amide bonds. The fourth-order valence-corrected chi connectivity index (χ4v) is 3.89. The molecule has 152 valence electrons. The molecule has 6 nitrogen and oxygen atoms in total. The number of rotatable bonds is 6. The summed E-state index contributed by atoms with van der Waals surface area (Å²) >= 11 is 1.65. The van der Waals surface area contributed by atoms with Gasteiger partial charge >= 0.3 is 0 Å². The van der Waals surface area contributed by atoms with Gasteiger partial charge in [0.05, 0.1) is 24.9 Å². The van der Waals surface area contributed by atoms with Crippen LogP contribution in [0.15, 0.2) is 29.4 Å². The number of piperidine rings is 1. The number of halogens is 1. The van der Waals surface area contributed by atoms with Crippen LogP contribution in [0, 0.1) is 12.7 Å². The normalized spacial score (nSPS) is 15.7. The topological polar surface area (TPSA) is 72.8 Å². The molecule has 0 saturated carbocycles. The quantitative estimate of drug-likeness (QED) is 0.509. The molecule has 1 fully saturated rings. The largest absolute Gasteiger partial charge is 0.393 e. The first-order valence-corrected chi connectivity index (χ1v) is 10.5. The highest BCUT2D eigenvalue weighted by atomic mass is 32.1. The molecule has 3 rings (SSSR count). The third-order valence-corrected chi connectivity index (χ3v) is 5.57. The van der Waals surface area contributed by atoms with Crippen LogP contribution in [0.5, 0.6) is 0 Å². The van der Waals surface area contributed by atoms with E-state index in [1.807, 2.05) is 37.1 Å².